The third-order valence-corrected chi connectivity index (χ3v) is 15.3. The highest BCUT2D eigenvalue weighted by molar-refractivity contribution is 5.93. The Kier molecular flexibility index (Phi) is 16.9. The Morgan fingerprint density at radius 1 is 0.648 bits per heavy atom. The van der Waals surface area contributed by atoms with E-state index in [1.54, 1.807) is 30.6 Å². The van der Waals surface area contributed by atoms with Crippen molar-refractivity contribution in [3.05, 3.63) is 68.8 Å². The summed E-state index contributed by atoms with van der Waals surface area (Å²) in [5, 5.41) is 6.58. The molecule has 5 aliphatic rings. The number of carbonyl (C=O) groups excluding carboxylic acids is 5. The number of alkyl carbamates (subject to hydrolysis) is 1. The van der Waals surface area contributed by atoms with E-state index in [0.717, 1.165) is 83.8 Å². The van der Waals surface area contributed by atoms with Crippen LogP contribution in [0.25, 0.3) is 0 Å². The molecule has 4 atom stereocenters. The van der Waals surface area contributed by atoms with Crippen molar-refractivity contribution in [3.63, 3.8) is 0 Å². The zero-order chi connectivity index (χ0) is 52.4. The second-order valence-electron chi connectivity index (χ2n) is 21.5. The number of nitrogens with zero attached hydrogens (tertiary/aromatic N) is 2. The molecule has 7 rings (SSSR count). The third kappa shape index (κ3) is 12.5. The summed E-state index contributed by atoms with van der Waals surface area (Å²) in [5.41, 5.74) is -2.29. The maximum Gasteiger partial charge on any atom is 0.416 e. The molecule has 3 aliphatic heterocycles. The fourth-order valence-corrected chi connectivity index (χ4v) is 11.3. The number of rotatable bonds is 9. The van der Waals surface area contributed by atoms with Crippen molar-refractivity contribution in [3.8, 4) is 0 Å². The van der Waals surface area contributed by atoms with Gasteiger partial charge in [0.25, 0.3) is 0 Å². The van der Waals surface area contributed by atoms with E-state index in [1.807, 2.05) is 13.8 Å². The number of amides is 3. The van der Waals surface area contributed by atoms with Gasteiger partial charge in [-0.15, -0.1) is 0 Å². The molecule has 2 aliphatic carbocycles. The minimum atomic E-state index is -4.64. The van der Waals surface area contributed by atoms with E-state index in [4.69, 9.17) is 18.9 Å². The number of halogens is 6. The van der Waals surface area contributed by atoms with Crippen molar-refractivity contribution in [2.45, 2.75) is 162 Å². The molecule has 3 fully saturated rings. The maximum atomic E-state index is 13.9. The molecule has 3 heterocycles. The van der Waals surface area contributed by atoms with Crippen molar-refractivity contribution in [1.82, 2.24) is 20.4 Å². The van der Waals surface area contributed by atoms with Crippen LogP contribution in [0.1, 0.15) is 154 Å². The van der Waals surface area contributed by atoms with E-state index in [9.17, 15) is 50.3 Å². The fourth-order valence-electron chi connectivity index (χ4n) is 11.3. The van der Waals surface area contributed by atoms with Crippen LogP contribution in [0.4, 0.5) is 31.1 Å². The van der Waals surface area contributed by atoms with Crippen LogP contribution in [0.15, 0.2) is 24.3 Å². The summed E-state index contributed by atoms with van der Waals surface area (Å²) in [7, 11) is 2.28. The van der Waals surface area contributed by atoms with Gasteiger partial charge in [-0.3, -0.25) is 9.59 Å². The van der Waals surface area contributed by atoms with E-state index in [1.165, 1.54) is 0 Å². The lowest BCUT2D eigenvalue weighted by atomic mass is 9.73. The number of benzene rings is 2. The molecular weight excluding hydrogens is 939 g/mol. The number of hydrogen-bond donors (Lipinski definition) is 2. The zero-order valence-corrected chi connectivity index (χ0v) is 42.3. The van der Waals surface area contributed by atoms with Gasteiger partial charge in [0, 0.05) is 57.5 Å². The van der Waals surface area contributed by atoms with E-state index in [-0.39, 0.29) is 72.9 Å². The van der Waals surface area contributed by atoms with Crippen molar-refractivity contribution < 1.29 is 69.3 Å². The van der Waals surface area contributed by atoms with Gasteiger partial charge < -0.3 is 39.4 Å². The first-order valence-corrected chi connectivity index (χ1v) is 24.7. The summed E-state index contributed by atoms with van der Waals surface area (Å²) in [6.07, 6.45) is -3.35. The van der Waals surface area contributed by atoms with Gasteiger partial charge in [0.15, 0.2) is 0 Å². The van der Waals surface area contributed by atoms with Gasteiger partial charge in [-0.2, -0.15) is 26.3 Å². The monoisotopic (exact) mass is 1010 g/mol. The second kappa shape index (κ2) is 21.7. The van der Waals surface area contributed by atoms with Gasteiger partial charge in [-0.1, -0.05) is 27.7 Å². The summed E-state index contributed by atoms with van der Waals surface area (Å²) in [6.45, 7) is 15.5. The lowest BCUT2D eigenvalue weighted by Crippen LogP contribution is -2.49. The van der Waals surface area contributed by atoms with Crippen molar-refractivity contribution >= 4 is 29.8 Å². The Hall–Kier alpha value is -4.91. The van der Waals surface area contributed by atoms with Crippen LogP contribution in [0.2, 0.25) is 0 Å². The first-order chi connectivity index (χ1) is 33.1. The highest BCUT2D eigenvalue weighted by atomic mass is 19.4. The lowest BCUT2D eigenvalue weighted by Gasteiger charge is -2.40. The standard InChI is InChI=1S/C26H35F3N2O5.C26H35F3N2O4/c1-15(2)25(9-7-18(13-25)30-23(34)36-24(3,4)5)22(33)31-10-8-19-16(14-31)11-17(26(27,28)29)12-20(19)21(32)35-6;1-16(2)25(8-4-20(14-25)30-19-6-10-35-11-7-19)24(33)31-9-5-21-17(15-31)12-18(26(27,28)29)13-22(21)23(32)34-3/h11-12,15,18H,7-10,13-14H2,1-6H3,(H,30,34);12-13,16,19-20,30H,4-11,14-15H2,1-3H3/t18-,25+;20-,25+/m11/s1. The zero-order valence-electron chi connectivity index (χ0n) is 42.3. The molecule has 2 saturated carbocycles. The molecule has 0 radical (unpaired) electrons. The Bertz CT molecular complexity index is 2310. The first kappa shape index (κ1) is 55.4. The number of carbonyl (C=O) groups is 5. The van der Waals surface area contributed by atoms with Crippen LogP contribution in [0, 0.1) is 22.7 Å². The van der Waals surface area contributed by atoms with E-state index in [2.05, 4.69) is 24.5 Å². The number of methoxy groups -OCH3 is 2. The number of alkyl halides is 6. The molecule has 0 unspecified atom stereocenters. The highest BCUT2D eigenvalue weighted by Gasteiger charge is 2.52. The van der Waals surface area contributed by atoms with Crippen molar-refractivity contribution in [2.24, 2.45) is 22.7 Å². The molecule has 19 heteroatoms. The molecule has 3 amide bonds. The topological polar surface area (TPSA) is 153 Å². The normalized spacial score (nSPS) is 23.9. The number of nitrogens with one attached hydrogen (secondary N) is 2. The summed E-state index contributed by atoms with van der Waals surface area (Å²) in [5.74, 6) is -1.71. The summed E-state index contributed by atoms with van der Waals surface area (Å²) >= 11 is 0. The first-order valence-electron chi connectivity index (χ1n) is 24.7. The molecule has 394 valence electrons. The Morgan fingerprint density at radius 3 is 1.46 bits per heavy atom. The fraction of sp³-hybridized carbons (Fsp3) is 0.673. The van der Waals surface area contributed by atoms with Crippen LogP contribution in [-0.2, 0) is 66.8 Å². The Labute approximate surface area is 412 Å². The van der Waals surface area contributed by atoms with Gasteiger partial charge >= 0.3 is 30.4 Å². The minimum Gasteiger partial charge on any atom is -0.465 e. The predicted molar refractivity (Wildman–Crippen MR) is 250 cm³/mol. The SMILES string of the molecule is COC(=O)c1cc(C(F)(F)F)cc2c1CCN(C(=O)[C@@]1(C(C)C)CC[C@@H](NC(=O)OC(C)(C)C)C1)C2.COC(=O)c1cc(C(F)(F)F)cc2c1CCN(C(=O)[C@@]1(C(C)C)CC[C@@H](NC3CCOCC3)C1)C2. The molecule has 2 aromatic carbocycles. The highest BCUT2D eigenvalue weighted by Crippen LogP contribution is 2.49. The van der Waals surface area contributed by atoms with Crippen LogP contribution >= 0.6 is 0 Å². The molecule has 1 saturated heterocycles. The van der Waals surface area contributed by atoms with Gasteiger partial charge in [0.05, 0.1) is 47.3 Å². The second-order valence-corrected chi connectivity index (χ2v) is 21.5. The Morgan fingerprint density at radius 2 is 1.07 bits per heavy atom. The van der Waals surface area contributed by atoms with Gasteiger partial charge in [0.1, 0.15) is 5.60 Å². The average Bonchev–Trinajstić information content (AvgIpc) is 3.95. The summed E-state index contributed by atoms with van der Waals surface area (Å²) in [6, 6.07) is 4.17. The molecule has 2 aromatic rings. The smallest absolute Gasteiger partial charge is 0.416 e. The van der Waals surface area contributed by atoms with E-state index in [0.29, 0.717) is 60.5 Å². The van der Waals surface area contributed by atoms with Crippen LogP contribution in [0.5, 0.6) is 0 Å². The summed E-state index contributed by atoms with van der Waals surface area (Å²) < 4.78 is 102. The molecule has 0 aromatic heterocycles. The minimum absolute atomic E-state index is 0.00598. The molecule has 2 N–H and O–H groups in total. The van der Waals surface area contributed by atoms with Crippen molar-refractivity contribution in [2.75, 3.05) is 40.5 Å². The molecule has 0 bridgehead atoms. The molecular formula is C52H70F6N4O9. The van der Waals surface area contributed by atoms with E-state index < -0.39 is 57.9 Å². The van der Waals surface area contributed by atoms with Crippen LogP contribution < -0.4 is 10.6 Å². The lowest BCUT2D eigenvalue weighted by molar-refractivity contribution is -0.146. The van der Waals surface area contributed by atoms with Crippen molar-refractivity contribution in [1.29, 1.82) is 0 Å². The van der Waals surface area contributed by atoms with E-state index >= 15 is 0 Å². The number of fused-ring (bicyclic) bond motifs is 2. The number of ether oxygens (including phenoxy) is 4. The van der Waals surface area contributed by atoms with Gasteiger partial charge in [0.2, 0.25) is 11.8 Å². The molecule has 0 spiro atoms. The van der Waals surface area contributed by atoms with Gasteiger partial charge in [-0.05, 0) is 143 Å². The predicted octanol–water partition coefficient (Wildman–Crippen LogP) is 9.44. The van der Waals surface area contributed by atoms with Gasteiger partial charge in [-0.25, -0.2) is 14.4 Å². The third-order valence-electron chi connectivity index (χ3n) is 15.3. The Balaban J connectivity index is 0.000000232. The summed E-state index contributed by atoms with van der Waals surface area (Å²) in [4.78, 5) is 67.8. The number of hydrogen-bond acceptors (Lipinski definition) is 10. The maximum absolute atomic E-state index is 13.9. The van der Waals surface area contributed by atoms with Crippen LogP contribution in [-0.4, -0.2) is 104 Å². The largest absolute Gasteiger partial charge is 0.465 e. The van der Waals surface area contributed by atoms with Crippen LogP contribution in [0.3, 0.4) is 0 Å². The quantitative estimate of drug-likeness (QED) is 0.141. The number of esters is 2. The average molecular weight is 1010 g/mol. The molecule has 13 nitrogen and oxygen atoms in total. The molecule has 71 heavy (non-hydrogen) atoms.